The molecule has 13 heteroatoms. The molecule has 0 radical (unpaired) electrons. The van der Waals surface area contributed by atoms with E-state index in [0.717, 1.165) is 11.4 Å². The Bertz CT molecular complexity index is 1750. The number of halogens is 1. The first kappa shape index (κ1) is 35.7. The molecule has 1 saturated heterocycles. The minimum absolute atomic E-state index is 0.124. The van der Waals surface area contributed by atoms with Crippen LogP contribution in [0.5, 0.6) is 0 Å². The number of pyridine rings is 3. The van der Waals surface area contributed by atoms with Crippen LogP contribution in [0.2, 0.25) is 0 Å². The Morgan fingerprint density at radius 3 is 2.21 bits per heavy atom. The van der Waals surface area contributed by atoms with Crippen molar-refractivity contribution in [2.45, 2.75) is 102 Å². The molecule has 2 amide bonds. The average molecular weight is 669 g/mol. The molecule has 0 spiro atoms. The Morgan fingerprint density at radius 2 is 1.62 bits per heavy atom. The maximum absolute atomic E-state index is 14.7. The first-order valence-electron chi connectivity index (χ1n) is 15.6. The van der Waals surface area contributed by atoms with Crippen molar-refractivity contribution in [2.24, 2.45) is 5.92 Å². The molecule has 0 aliphatic carbocycles. The summed E-state index contributed by atoms with van der Waals surface area (Å²) in [5, 5.41) is 12.6. The Labute approximate surface area is 276 Å². The number of amides is 2. The van der Waals surface area contributed by atoms with E-state index in [9.17, 15) is 27.5 Å². The van der Waals surface area contributed by atoms with Crippen molar-refractivity contribution in [3.05, 3.63) is 77.1 Å². The van der Waals surface area contributed by atoms with Crippen molar-refractivity contribution in [3.8, 4) is 0 Å². The average Bonchev–Trinajstić information content (AvgIpc) is 3.28. The molecule has 3 N–H and O–H groups in total. The van der Waals surface area contributed by atoms with Crippen molar-refractivity contribution in [3.63, 3.8) is 0 Å². The quantitative estimate of drug-likeness (QED) is 0.219. The number of carbonyl (C=O) groups excluding carboxylic acids is 1. The predicted molar refractivity (Wildman–Crippen MR) is 177 cm³/mol. The van der Waals surface area contributed by atoms with Crippen molar-refractivity contribution in [1.29, 1.82) is 0 Å². The van der Waals surface area contributed by atoms with Crippen LogP contribution < -0.4 is 10.0 Å². The number of anilines is 1. The Kier molecular flexibility index (Phi) is 10.0. The number of nitrogens with zero attached hydrogens (tertiary/aromatic N) is 4. The van der Waals surface area contributed by atoms with Crippen LogP contribution in [0.4, 0.5) is 15.0 Å². The minimum atomic E-state index is -4.49. The van der Waals surface area contributed by atoms with Crippen LogP contribution in [0.3, 0.4) is 0 Å². The fourth-order valence-electron chi connectivity index (χ4n) is 5.75. The van der Waals surface area contributed by atoms with Gasteiger partial charge in [0.05, 0.1) is 17.3 Å². The van der Waals surface area contributed by atoms with Crippen LogP contribution in [0, 0.1) is 11.9 Å². The third kappa shape index (κ3) is 8.62. The largest absolute Gasteiger partial charge is 0.465 e. The van der Waals surface area contributed by atoms with E-state index in [0.29, 0.717) is 31.5 Å². The number of hydrogen-bond acceptors (Lipinski definition) is 8. The van der Waals surface area contributed by atoms with E-state index in [1.165, 1.54) is 29.2 Å². The summed E-state index contributed by atoms with van der Waals surface area (Å²) in [6.07, 6.45) is 1.03. The van der Waals surface area contributed by atoms with Gasteiger partial charge < -0.3 is 15.3 Å². The van der Waals surface area contributed by atoms with Crippen LogP contribution in [-0.4, -0.2) is 57.5 Å². The van der Waals surface area contributed by atoms with E-state index in [-0.39, 0.29) is 23.2 Å². The van der Waals surface area contributed by atoms with Crippen molar-refractivity contribution >= 4 is 27.8 Å². The lowest BCUT2D eigenvalue weighted by atomic mass is 9.90. The summed E-state index contributed by atoms with van der Waals surface area (Å²) in [5.74, 6) is -1.88. The summed E-state index contributed by atoms with van der Waals surface area (Å²) in [5.41, 5.74) is 0.365. The number of sulfonamides is 1. The van der Waals surface area contributed by atoms with Crippen LogP contribution in [0.1, 0.15) is 108 Å². The number of rotatable bonds is 9. The first-order chi connectivity index (χ1) is 21.7. The summed E-state index contributed by atoms with van der Waals surface area (Å²) in [6, 6.07) is 12.4. The fourth-order valence-corrected chi connectivity index (χ4v) is 6.69. The van der Waals surface area contributed by atoms with Gasteiger partial charge in [-0.15, -0.1) is 0 Å². The predicted octanol–water partition coefficient (Wildman–Crippen LogP) is 6.44. The summed E-state index contributed by atoms with van der Waals surface area (Å²) >= 11 is 0. The van der Waals surface area contributed by atoms with Gasteiger partial charge in [0.15, 0.2) is 5.03 Å². The van der Waals surface area contributed by atoms with Gasteiger partial charge in [0.25, 0.3) is 15.9 Å². The van der Waals surface area contributed by atoms with Gasteiger partial charge in [-0.1, -0.05) is 53.7 Å². The Hall–Kier alpha value is -4.13. The molecule has 1 fully saturated rings. The van der Waals surface area contributed by atoms with E-state index in [4.69, 9.17) is 4.98 Å². The van der Waals surface area contributed by atoms with E-state index in [1.807, 2.05) is 57.5 Å². The maximum atomic E-state index is 14.7. The van der Waals surface area contributed by atoms with Gasteiger partial charge in [0.1, 0.15) is 5.82 Å². The molecule has 3 aromatic heterocycles. The second kappa shape index (κ2) is 13.2. The van der Waals surface area contributed by atoms with E-state index >= 15 is 0 Å². The zero-order valence-electron chi connectivity index (χ0n) is 28.3. The van der Waals surface area contributed by atoms with Crippen molar-refractivity contribution in [1.82, 2.24) is 24.6 Å². The second-order valence-electron chi connectivity index (χ2n) is 14.8. The standard InChI is InChI=1S/C34H45FN6O5S/c1-32(2,3)25-12-9-11-23(36-25)24(17-15-21-19-34(7,8)41(20-21)31(43)44)37-27-13-10-14-28(39-27)47(45,46)40-30(42)22-16-18-26(33(4,5)6)38-29(22)35/h9-14,16,18,21,24H,15,17,19-20H2,1-8H3,(H,37,39)(H,40,42)(H,43,44)/t21-,24?/m0/s1. The lowest BCUT2D eigenvalue weighted by molar-refractivity contribution is 0.0975. The molecule has 0 aromatic carbocycles. The van der Waals surface area contributed by atoms with Crippen molar-refractivity contribution in [2.75, 3.05) is 11.9 Å². The molecule has 1 unspecified atom stereocenters. The summed E-state index contributed by atoms with van der Waals surface area (Å²) in [6.45, 7) is 16.0. The van der Waals surface area contributed by atoms with Crippen LogP contribution >= 0.6 is 0 Å². The van der Waals surface area contributed by atoms with Gasteiger partial charge in [-0.2, -0.15) is 12.8 Å². The molecule has 4 rings (SSSR count). The summed E-state index contributed by atoms with van der Waals surface area (Å²) < 4.78 is 43.1. The second-order valence-corrected chi connectivity index (χ2v) is 16.5. The smallest absolute Gasteiger partial charge is 0.407 e. The maximum Gasteiger partial charge on any atom is 0.407 e. The molecule has 3 aromatic rings. The minimum Gasteiger partial charge on any atom is -0.465 e. The topological polar surface area (TPSA) is 154 Å². The number of carboxylic acid groups (broad SMARTS) is 1. The monoisotopic (exact) mass is 668 g/mol. The lowest BCUT2D eigenvalue weighted by Crippen LogP contribution is -2.41. The Morgan fingerprint density at radius 1 is 0.979 bits per heavy atom. The van der Waals surface area contributed by atoms with Crippen molar-refractivity contribution < 1.29 is 27.5 Å². The molecule has 4 heterocycles. The fraction of sp³-hybridized carbons (Fsp3) is 0.500. The molecule has 1 aliphatic heterocycles. The number of aromatic nitrogens is 3. The van der Waals surface area contributed by atoms with Gasteiger partial charge in [0.2, 0.25) is 5.95 Å². The van der Waals surface area contributed by atoms with E-state index in [2.05, 4.69) is 36.1 Å². The molecule has 1 aliphatic rings. The molecule has 47 heavy (non-hydrogen) atoms. The van der Waals surface area contributed by atoms with Crippen LogP contribution in [0.15, 0.2) is 53.6 Å². The highest BCUT2D eigenvalue weighted by Gasteiger charge is 2.41. The highest BCUT2D eigenvalue weighted by atomic mass is 32.2. The number of carbonyl (C=O) groups is 2. The number of hydrogen-bond donors (Lipinski definition) is 3. The van der Waals surface area contributed by atoms with Gasteiger partial charge >= 0.3 is 6.09 Å². The molecular weight excluding hydrogens is 623 g/mol. The third-order valence-electron chi connectivity index (χ3n) is 8.36. The number of nitrogens with one attached hydrogen (secondary N) is 2. The highest BCUT2D eigenvalue weighted by Crippen LogP contribution is 2.37. The Balaban J connectivity index is 1.58. The van der Waals surface area contributed by atoms with Gasteiger partial charge in [-0.05, 0) is 75.4 Å². The summed E-state index contributed by atoms with van der Waals surface area (Å²) in [4.78, 5) is 39.2. The normalized spacial score (nSPS) is 17.3. The third-order valence-corrected chi connectivity index (χ3v) is 9.59. The molecular formula is C34H45FN6O5S. The number of likely N-dealkylation sites (tertiary alicyclic amines) is 1. The molecule has 0 saturated carbocycles. The van der Waals surface area contributed by atoms with E-state index < -0.39 is 49.5 Å². The molecule has 11 nitrogen and oxygen atoms in total. The van der Waals surface area contributed by atoms with Crippen LogP contribution in [0.25, 0.3) is 0 Å². The molecule has 2 atom stereocenters. The SMILES string of the molecule is CC(C)(C)c1cccc(C(CC[C@@H]2CN(C(=O)O)C(C)(C)C2)Nc2cccc(S(=O)(=O)NC(=O)c3ccc(C(C)(C)C)nc3F)n2)n1. The highest BCUT2D eigenvalue weighted by molar-refractivity contribution is 7.90. The molecule has 254 valence electrons. The van der Waals surface area contributed by atoms with Gasteiger partial charge in [-0.3, -0.25) is 9.78 Å². The first-order valence-corrected chi connectivity index (χ1v) is 17.1. The van der Waals surface area contributed by atoms with E-state index in [1.54, 1.807) is 6.07 Å². The van der Waals surface area contributed by atoms with Gasteiger partial charge in [-0.25, -0.2) is 19.5 Å². The summed E-state index contributed by atoms with van der Waals surface area (Å²) in [7, 11) is -4.49. The lowest BCUT2D eigenvalue weighted by Gasteiger charge is -2.28. The van der Waals surface area contributed by atoms with Crippen LogP contribution in [-0.2, 0) is 20.9 Å². The zero-order chi connectivity index (χ0) is 34.9. The zero-order valence-corrected chi connectivity index (χ0v) is 29.1. The molecule has 0 bridgehead atoms. The van der Waals surface area contributed by atoms with Gasteiger partial charge in [0, 0.05) is 34.3 Å².